The zero-order chi connectivity index (χ0) is 14.1. The van der Waals surface area contributed by atoms with Crippen LogP contribution in [-0.2, 0) is 9.47 Å². The van der Waals surface area contributed by atoms with Gasteiger partial charge in [0.15, 0.2) is 0 Å². The van der Waals surface area contributed by atoms with Gasteiger partial charge in [-0.25, -0.2) is 0 Å². The van der Waals surface area contributed by atoms with E-state index in [1.54, 1.807) is 13.3 Å². The average molecular weight is 268 g/mol. The third-order valence-electron chi connectivity index (χ3n) is 2.82. The first-order chi connectivity index (χ1) is 9.13. The predicted octanol–water partition coefficient (Wildman–Crippen LogP) is 1.14. The Kier molecular flexibility index (Phi) is 7.59. The van der Waals surface area contributed by atoms with Crippen LogP contribution in [0.2, 0.25) is 0 Å². The van der Waals surface area contributed by atoms with Gasteiger partial charge in [0.2, 0.25) is 0 Å². The number of rotatable bonds is 9. The number of nitrogens with one attached hydrogen (secondary N) is 1. The summed E-state index contributed by atoms with van der Waals surface area (Å²) in [6, 6.07) is 4.06. The number of methoxy groups -OCH3 is 1. The summed E-state index contributed by atoms with van der Waals surface area (Å²) in [5.74, 6) is 0. The first-order valence-corrected chi connectivity index (χ1v) is 6.55. The van der Waals surface area contributed by atoms with Gasteiger partial charge >= 0.3 is 0 Å². The summed E-state index contributed by atoms with van der Waals surface area (Å²) in [6.45, 7) is 5.28. The number of aliphatic hydroxyl groups is 1. The number of hydrogen-bond acceptors (Lipinski definition) is 5. The third kappa shape index (κ3) is 6.63. The fourth-order valence-corrected chi connectivity index (χ4v) is 1.68. The molecule has 5 nitrogen and oxygen atoms in total. The molecule has 0 spiro atoms. The summed E-state index contributed by atoms with van der Waals surface area (Å²) >= 11 is 0. The van der Waals surface area contributed by atoms with Crippen LogP contribution in [0.15, 0.2) is 24.5 Å². The molecule has 108 valence electrons. The SMILES string of the molecule is COCC(C)OCC(O)CN[C@@H](C)c1cccnc1. The zero-order valence-electron chi connectivity index (χ0n) is 11.9. The molecule has 1 rings (SSSR count). The van der Waals surface area contributed by atoms with Crippen LogP contribution in [0.25, 0.3) is 0 Å². The van der Waals surface area contributed by atoms with Gasteiger partial charge in [0.05, 0.1) is 25.4 Å². The van der Waals surface area contributed by atoms with Crippen LogP contribution in [0, 0.1) is 0 Å². The molecule has 2 N–H and O–H groups in total. The Hall–Kier alpha value is -1.01. The molecule has 1 aromatic rings. The molecule has 0 fully saturated rings. The van der Waals surface area contributed by atoms with Gasteiger partial charge in [-0.15, -0.1) is 0 Å². The van der Waals surface area contributed by atoms with Crippen LogP contribution < -0.4 is 5.32 Å². The van der Waals surface area contributed by atoms with Crippen molar-refractivity contribution in [1.82, 2.24) is 10.3 Å². The van der Waals surface area contributed by atoms with Gasteiger partial charge in [-0.05, 0) is 25.5 Å². The van der Waals surface area contributed by atoms with Gasteiger partial charge in [-0.3, -0.25) is 4.98 Å². The van der Waals surface area contributed by atoms with Gasteiger partial charge in [-0.2, -0.15) is 0 Å². The van der Waals surface area contributed by atoms with Crippen molar-refractivity contribution in [3.05, 3.63) is 30.1 Å². The number of aliphatic hydroxyl groups excluding tert-OH is 1. The van der Waals surface area contributed by atoms with E-state index in [0.717, 1.165) is 5.56 Å². The van der Waals surface area contributed by atoms with Crippen molar-refractivity contribution < 1.29 is 14.6 Å². The lowest BCUT2D eigenvalue weighted by molar-refractivity contribution is -0.0315. The molecule has 0 amide bonds. The molecule has 2 unspecified atom stereocenters. The number of ether oxygens (including phenoxy) is 2. The molecular weight excluding hydrogens is 244 g/mol. The van der Waals surface area contributed by atoms with E-state index in [9.17, 15) is 5.11 Å². The second kappa shape index (κ2) is 8.98. The second-order valence-corrected chi connectivity index (χ2v) is 4.67. The van der Waals surface area contributed by atoms with E-state index in [0.29, 0.717) is 19.8 Å². The first kappa shape index (κ1) is 16.0. The summed E-state index contributed by atoms with van der Waals surface area (Å²) < 4.78 is 10.4. The highest BCUT2D eigenvalue weighted by atomic mass is 16.5. The van der Waals surface area contributed by atoms with Crippen molar-refractivity contribution in [2.45, 2.75) is 32.1 Å². The van der Waals surface area contributed by atoms with Crippen molar-refractivity contribution in [1.29, 1.82) is 0 Å². The van der Waals surface area contributed by atoms with Gasteiger partial charge < -0.3 is 19.9 Å². The minimum Gasteiger partial charge on any atom is -0.389 e. The van der Waals surface area contributed by atoms with Crippen LogP contribution in [0.3, 0.4) is 0 Å². The van der Waals surface area contributed by atoms with E-state index in [1.165, 1.54) is 0 Å². The number of hydrogen-bond donors (Lipinski definition) is 2. The Morgan fingerprint density at radius 1 is 1.37 bits per heavy atom. The van der Waals surface area contributed by atoms with E-state index in [-0.39, 0.29) is 12.1 Å². The van der Waals surface area contributed by atoms with Gasteiger partial charge in [-0.1, -0.05) is 6.07 Å². The average Bonchev–Trinajstić information content (AvgIpc) is 2.44. The Bertz CT molecular complexity index is 335. The highest BCUT2D eigenvalue weighted by Crippen LogP contribution is 2.09. The lowest BCUT2D eigenvalue weighted by Crippen LogP contribution is -2.33. The topological polar surface area (TPSA) is 63.6 Å². The van der Waals surface area contributed by atoms with Crippen LogP contribution in [0.1, 0.15) is 25.5 Å². The fraction of sp³-hybridized carbons (Fsp3) is 0.643. The zero-order valence-corrected chi connectivity index (χ0v) is 11.9. The minimum absolute atomic E-state index is 0.00426. The van der Waals surface area contributed by atoms with Gasteiger partial charge in [0.1, 0.15) is 0 Å². The maximum absolute atomic E-state index is 9.82. The van der Waals surface area contributed by atoms with Crippen molar-refractivity contribution in [2.24, 2.45) is 0 Å². The molecule has 0 aliphatic heterocycles. The molecule has 19 heavy (non-hydrogen) atoms. The van der Waals surface area contributed by atoms with Crippen LogP contribution in [0.5, 0.6) is 0 Å². The van der Waals surface area contributed by atoms with Gasteiger partial charge in [0.25, 0.3) is 0 Å². The lowest BCUT2D eigenvalue weighted by Gasteiger charge is -2.19. The molecule has 5 heteroatoms. The van der Waals surface area contributed by atoms with Crippen LogP contribution >= 0.6 is 0 Å². The Morgan fingerprint density at radius 3 is 2.79 bits per heavy atom. The molecule has 1 aromatic heterocycles. The number of pyridine rings is 1. The Labute approximate surface area is 115 Å². The van der Waals surface area contributed by atoms with E-state index in [1.807, 2.05) is 32.2 Å². The summed E-state index contributed by atoms with van der Waals surface area (Å²) in [7, 11) is 1.63. The molecule has 1 heterocycles. The number of aromatic nitrogens is 1. The molecule has 0 saturated carbocycles. The lowest BCUT2D eigenvalue weighted by atomic mass is 10.1. The normalized spacial score (nSPS) is 16.0. The molecule has 0 radical (unpaired) electrons. The molecule has 3 atom stereocenters. The molecule has 0 aliphatic rings. The smallest absolute Gasteiger partial charge is 0.0898 e. The summed E-state index contributed by atoms with van der Waals surface area (Å²) in [4.78, 5) is 4.07. The van der Waals surface area contributed by atoms with E-state index >= 15 is 0 Å². The number of nitrogens with zero attached hydrogens (tertiary/aromatic N) is 1. The predicted molar refractivity (Wildman–Crippen MR) is 74.0 cm³/mol. The third-order valence-corrected chi connectivity index (χ3v) is 2.82. The maximum Gasteiger partial charge on any atom is 0.0898 e. The van der Waals surface area contributed by atoms with E-state index < -0.39 is 6.10 Å². The molecule has 0 aliphatic carbocycles. The fourth-order valence-electron chi connectivity index (χ4n) is 1.68. The molecular formula is C14H24N2O3. The molecule has 0 aromatic carbocycles. The van der Waals surface area contributed by atoms with E-state index in [4.69, 9.17) is 9.47 Å². The molecule has 0 saturated heterocycles. The summed E-state index contributed by atoms with van der Waals surface area (Å²) in [6.07, 6.45) is 3.03. The largest absolute Gasteiger partial charge is 0.389 e. The van der Waals surface area contributed by atoms with E-state index in [2.05, 4.69) is 10.3 Å². The van der Waals surface area contributed by atoms with Crippen molar-refractivity contribution in [3.63, 3.8) is 0 Å². The standard InChI is InChI=1S/C14H24N2O3/c1-11(9-18-3)19-10-14(17)8-16-12(2)13-5-4-6-15-7-13/h4-7,11-12,14,16-17H,8-10H2,1-3H3/t11?,12-,14?/m0/s1. The second-order valence-electron chi connectivity index (χ2n) is 4.67. The van der Waals surface area contributed by atoms with Crippen molar-refractivity contribution in [2.75, 3.05) is 26.9 Å². The molecule has 0 bridgehead atoms. The Morgan fingerprint density at radius 2 is 2.16 bits per heavy atom. The minimum atomic E-state index is -0.529. The Balaban J connectivity index is 2.21. The van der Waals surface area contributed by atoms with Crippen LogP contribution in [0.4, 0.5) is 0 Å². The maximum atomic E-state index is 9.82. The summed E-state index contributed by atoms with van der Waals surface area (Å²) in [5, 5.41) is 13.1. The monoisotopic (exact) mass is 268 g/mol. The van der Waals surface area contributed by atoms with Crippen LogP contribution in [-0.4, -0.2) is 49.2 Å². The van der Waals surface area contributed by atoms with Crippen molar-refractivity contribution in [3.8, 4) is 0 Å². The van der Waals surface area contributed by atoms with Crippen molar-refractivity contribution >= 4 is 0 Å². The van der Waals surface area contributed by atoms with Gasteiger partial charge in [0, 0.05) is 32.1 Å². The highest BCUT2D eigenvalue weighted by Gasteiger charge is 2.10. The highest BCUT2D eigenvalue weighted by molar-refractivity contribution is 5.12. The summed E-state index contributed by atoms with van der Waals surface area (Å²) in [5.41, 5.74) is 1.10. The quantitative estimate of drug-likeness (QED) is 0.703. The first-order valence-electron chi connectivity index (χ1n) is 6.55.